The lowest BCUT2D eigenvalue weighted by atomic mass is 10.1. The van der Waals surface area contributed by atoms with Crippen LogP contribution in [0.25, 0.3) is 0 Å². The first-order chi connectivity index (χ1) is 8.28. The number of rotatable bonds is 1. The average Bonchev–Trinajstić information content (AvgIpc) is 2.38. The van der Waals surface area contributed by atoms with E-state index in [0.29, 0.717) is 0 Å². The van der Waals surface area contributed by atoms with E-state index in [-0.39, 0.29) is 5.82 Å². The van der Waals surface area contributed by atoms with E-state index in [0.717, 1.165) is 17.5 Å². The Hall–Kier alpha value is -2.07. The second-order valence-electron chi connectivity index (χ2n) is 3.81. The SMILES string of the molecule is CCc1cccc(C#Cc2ccc(F)cc2)c1. The fourth-order valence-electron chi connectivity index (χ4n) is 1.55. The van der Waals surface area contributed by atoms with E-state index < -0.39 is 0 Å². The van der Waals surface area contributed by atoms with Crippen LogP contribution in [0.3, 0.4) is 0 Å². The van der Waals surface area contributed by atoms with Crippen LogP contribution in [0.5, 0.6) is 0 Å². The highest BCUT2D eigenvalue weighted by Gasteiger charge is 1.91. The molecule has 0 fully saturated rings. The topological polar surface area (TPSA) is 0 Å². The molecule has 0 bridgehead atoms. The van der Waals surface area contributed by atoms with E-state index in [9.17, 15) is 4.39 Å². The largest absolute Gasteiger partial charge is 0.207 e. The van der Waals surface area contributed by atoms with E-state index in [1.807, 2.05) is 12.1 Å². The molecule has 0 aliphatic carbocycles. The highest BCUT2D eigenvalue weighted by Crippen LogP contribution is 2.05. The Balaban J connectivity index is 2.23. The molecule has 0 aromatic heterocycles. The van der Waals surface area contributed by atoms with Crippen LogP contribution in [0.15, 0.2) is 48.5 Å². The van der Waals surface area contributed by atoms with Crippen molar-refractivity contribution < 1.29 is 4.39 Å². The van der Waals surface area contributed by atoms with Crippen LogP contribution in [0.2, 0.25) is 0 Å². The monoisotopic (exact) mass is 224 g/mol. The van der Waals surface area contributed by atoms with Gasteiger partial charge in [-0.25, -0.2) is 4.39 Å². The van der Waals surface area contributed by atoms with Gasteiger partial charge in [0.15, 0.2) is 0 Å². The maximum Gasteiger partial charge on any atom is 0.123 e. The van der Waals surface area contributed by atoms with E-state index in [2.05, 4.69) is 30.9 Å². The molecule has 0 unspecified atom stereocenters. The van der Waals surface area contributed by atoms with Crippen molar-refractivity contribution in [2.45, 2.75) is 13.3 Å². The summed E-state index contributed by atoms with van der Waals surface area (Å²) in [5.74, 6) is 5.87. The van der Waals surface area contributed by atoms with Gasteiger partial charge >= 0.3 is 0 Å². The second kappa shape index (κ2) is 5.32. The maximum atomic E-state index is 12.7. The quantitative estimate of drug-likeness (QED) is 0.646. The maximum absolute atomic E-state index is 12.7. The minimum absolute atomic E-state index is 0.233. The summed E-state index contributed by atoms with van der Waals surface area (Å²) >= 11 is 0. The van der Waals surface area contributed by atoms with Gasteiger partial charge in [-0.05, 0) is 48.4 Å². The van der Waals surface area contributed by atoms with Gasteiger partial charge in [0.05, 0.1) is 0 Å². The number of aryl methyl sites for hydroxylation is 1. The molecular weight excluding hydrogens is 211 g/mol. The van der Waals surface area contributed by atoms with Crippen molar-refractivity contribution in [2.75, 3.05) is 0 Å². The summed E-state index contributed by atoms with van der Waals surface area (Å²) in [6.45, 7) is 2.12. The molecule has 0 aliphatic rings. The fraction of sp³-hybridized carbons (Fsp3) is 0.125. The second-order valence-corrected chi connectivity index (χ2v) is 3.81. The summed E-state index contributed by atoms with van der Waals surface area (Å²) in [6.07, 6.45) is 1.01. The molecule has 0 saturated carbocycles. The molecule has 0 amide bonds. The lowest BCUT2D eigenvalue weighted by molar-refractivity contribution is 0.627. The average molecular weight is 224 g/mol. The van der Waals surface area contributed by atoms with Gasteiger partial charge < -0.3 is 0 Å². The number of halogens is 1. The number of hydrogen-bond donors (Lipinski definition) is 0. The third-order valence-electron chi connectivity index (χ3n) is 2.53. The van der Waals surface area contributed by atoms with Gasteiger partial charge in [0.1, 0.15) is 5.82 Å². The van der Waals surface area contributed by atoms with Gasteiger partial charge in [-0.2, -0.15) is 0 Å². The Bertz CT molecular complexity index is 556. The van der Waals surface area contributed by atoms with E-state index in [4.69, 9.17) is 0 Å². The lowest BCUT2D eigenvalue weighted by Gasteiger charge is -1.96. The number of benzene rings is 2. The molecule has 2 aromatic carbocycles. The van der Waals surface area contributed by atoms with Crippen LogP contribution in [0, 0.1) is 17.7 Å². The van der Waals surface area contributed by atoms with Crippen LogP contribution in [0.1, 0.15) is 23.6 Å². The predicted molar refractivity (Wildman–Crippen MR) is 68.2 cm³/mol. The Kier molecular flexibility index (Phi) is 3.57. The molecule has 0 spiro atoms. The normalized spacial score (nSPS) is 9.53. The fourth-order valence-corrected chi connectivity index (χ4v) is 1.55. The molecule has 1 heteroatoms. The van der Waals surface area contributed by atoms with Crippen molar-refractivity contribution in [2.24, 2.45) is 0 Å². The summed E-state index contributed by atoms with van der Waals surface area (Å²) in [4.78, 5) is 0. The molecule has 17 heavy (non-hydrogen) atoms. The van der Waals surface area contributed by atoms with Gasteiger partial charge in [0, 0.05) is 11.1 Å². The van der Waals surface area contributed by atoms with E-state index in [1.165, 1.54) is 17.7 Å². The van der Waals surface area contributed by atoms with Gasteiger partial charge in [0.25, 0.3) is 0 Å². The highest BCUT2D eigenvalue weighted by atomic mass is 19.1. The third kappa shape index (κ3) is 3.19. The molecule has 0 heterocycles. The molecule has 0 aliphatic heterocycles. The van der Waals surface area contributed by atoms with Crippen LogP contribution in [-0.4, -0.2) is 0 Å². The molecule has 0 nitrogen and oxygen atoms in total. The van der Waals surface area contributed by atoms with Crippen molar-refractivity contribution in [3.8, 4) is 11.8 Å². The standard InChI is InChI=1S/C16H13F/c1-2-13-4-3-5-15(12-13)7-6-14-8-10-16(17)11-9-14/h3-5,8-12H,2H2,1H3. The first-order valence-electron chi connectivity index (χ1n) is 5.64. The molecule has 2 aromatic rings. The molecule has 0 atom stereocenters. The summed E-state index contributed by atoms with van der Waals surface area (Å²) in [5, 5.41) is 0. The molecular formula is C16H13F. The Morgan fingerprint density at radius 3 is 2.35 bits per heavy atom. The van der Waals surface area contributed by atoms with Crippen molar-refractivity contribution in [1.29, 1.82) is 0 Å². The van der Waals surface area contributed by atoms with Crippen molar-refractivity contribution >= 4 is 0 Å². The van der Waals surface area contributed by atoms with E-state index >= 15 is 0 Å². The Morgan fingerprint density at radius 2 is 1.65 bits per heavy atom. The van der Waals surface area contributed by atoms with Crippen molar-refractivity contribution in [1.82, 2.24) is 0 Å². The van der Waals surface area contributed by atoms with Gasteiger partial charge in [-0.3, -0.25) is 0 Å². The van der Waals surface area contributed by atoms with Gasteiger partial charge in [0.2, 0.25) is 0 Å². The molecule has 0 saturated heterocycles. The zero-order valence-electron chi connectivity index (χ0n) is 9.70. The van der Waals surface area contributed by atoms with Crippen LogP contribution >= 0.6 is 0 Å². The smallest absolute Gasteiger partial charge is 0.123 e. The summed E-state index contributed by atoms with van der Waals surface area (Å²) in [6, 6.07) is 14.4. The minimum atomic E-state index is -0.233. The predicted octanol–water partition coefficient (Wildman–Crippen LogP) is 3.79. The molecule has 0 N–H and O–H groups in total. The van der Waals surface area contributed by atoms with Crippen molar-refractivity contribution in [3.05, 3.63) is 71.0 Å². The van der Waals surface area contributed by atoms with Crippen molar-refractivity contribution in [3.63, 3.8) is 0 Å². The zero-order chi connectivity index (χ0) is 12.1. The third-order valence-corrected chi connectivity index (χ3v) is 2.53. The zero-order valence-corrected chi connectivity index (χ0v) is 9.70. The minimum Gasteiger partial charge on any atom is -0.207 e. The molecule has 2 rings (SSSR count). The highest BCUT2D eigenvalue weighted by molar-refractivity contribution is 5.43. The van der Waals surface area contributed by atoms with Crippen LogP contribution in [-0.2, 0) is 6.42 Å². The summed E-state index contributed by atoms with van der Waals surface area (Å²) < 4.78 is 12.7. The lowest BCUT2D eigenvalue weighted by Crippen LogP contribution is -1.82. The van der Waals surface area contributed by atoms with Gasteiger partial charge in [-0.1, -0.05) is 30.9 Å². The Morgan fingerprint density at radius 1 is 0.941 bits per heavy atom. The summed E-state index contributed by atoms with van der Waals surface area (Å²) in [5.41, 5.74) is 3.10. The van der Waals surface area contributed by atoms with E-state index in [1.54, 1.807) is 12.1 Å². The van der Waals surface area contributed by atoms with Crippen LogP contribution in [0.4, 0.5) is 4.39 Å². The summed E-state index contributed by atoms with van der Waals surface area (Å²) in [7, 11) is 0. The Labute approximate surface area is 101 Å². The first kappa shape index (κ1) is 11.4. The molecule has 0 radical (unpaired) electrons. The first-order valence-corrected chi connectivity index (χ1v) is 5.64. The number of hydrogen-bond acceptors (Lipinski definition) is 0. The van der Waals surface area contributed by atoms with Gasteiger partial charge in [-0.15, -0.1) is 0 Å². The molecule has 84 valence electrons. The van der Waals surface area contributed by atoms with Crippen LogP contribution < -0.4 is 0 Å².